The predicted octanol–water partition coefficient (Wildman–Crippen LogP) is 2.78. The number of alkyl halides is 1. The van der Waals surface area contributed by atoms with Gasteiger partial charge in [0, 0.05) is 11.4 Å². The molecule has 1 aromatic carbocycles. The van der Waals surface area contributed by atoms with Crippen molar-refractivity contribution in [2.24, 2.45) is 0 Å². The maximum absolute atomic E-state index is 13.7. The van der Waals surface area contributed by atoms with Crippen molar-refractivity contribution >= 4 is 27.5 Å². The normalized spacial score (nSPS) is 12.0. The van der Waals surface area contributed by atoms with Gasteiger partial charge in [0.15, 0.2) is 0 Å². The van der Waals surface area contributed by atoms with E-state index in [1.807, 2.05) is 6.92 Å². The van der Waals surface area contributed by atoms with Crippen LogP contribution in [0.2, 0.25) is 0 Å². The van der Waals surface area contributed by atoms with Crippen LogP contribution in [0.3, 0.4) is 0 Å². The molecule has 0 heterocycles. The van der Waals surface area contributed by atoms with E-state index in [4.69, 9.17) is 0 Å². The zero-order valence-electron chi connectivity index (χ0n) is 9.95. The number of nitrogens with zero attached hydrogens (tertiary/aromatic N) is 1. The summed E-state index contributed by atoms with van der Waals surface area (Å²) in [4.78, 5) is 21.2. The summed E-state index contributed by atoms with van der Waals surface area (Å²) in [6.07, 6.45) is 0.588. The molecule has 5 nitrogen and oxygen atoms in total. The van der Waals surface area contributed by atoms with Crippen LogP contribution in [0.15, 0.2) is 12.1 Å². The Morgan fingerprint density at radius 3 is 2.68 bits per heavy atom. The summed E-state index contributed by atoms with van der Waals surface area (Å²) in [5, 5.41) is 12.9. The number of rotatable bonds is 5. The standard InChI is InChI=1S/C11H11BrF2N2O3/c1-6(12)2-3-15-11(17)8-4-7(13)5-9(10(8)14)16(18)19/h4-6H,2-3H2,1H3,(H,15,17). The summed E-state index contributed by atoms with van der Waals surface area (Å²) >= 11 is 3.26. The number of carbonyl (C=O) groups is 1. The molecule has 8 heteroatoms. The Balaban J connectivity index is 2.94. The van der Waals surface area contributed by atoms with E-state index in [0.717, 1.165) is 0 Å². The average Bonchev–Trinajstić information content (AvgIpc) is 2.30. The van der Waals surface area contributed by atoms with Crippen LogP contribution in [0.25, 0.3) is 0 Å². The fraction of sp³-hybridized carbons (Fsp3) is 0.364. The first-order valence-electron chi connectivity index (χ1n) is 5.38. The third-order valence-corrected chi connectivity index (χ3v) is 2.75. The van der Waals surface area contributed by atoms with E-state index >= 15 is 0 Å². The molecule has 1 atom stereocenters. The molecule has 104 valence electrons. The Morgan fingerprint density at radius 2 is 2.16 bits per heavy atom. The fourth-order valence-electron chi connectivity index (χ4n) is 1.35. The molecule has 0 bridgehead atoms. The number of nitro benzene ring substituents is 1. The topological polar surface area (TPSA) is 72.2 Å². The minimum Gasteiger partial charge on any atom is -0.352 e. The second-order valence-corrected chi connectivity index (χ2v) is 5.43. The summed E-state index contributed by atoms with van der Waals surface area (Å²) in [6.45, 7) is 2.11. The van der Waals surface area contributed by atoms with Crippen LogP contribution in [-0.4, -0.2) is 22.2 Å². The number of hydrogen-bond donors (Lipinski definition) is 1. The minimum atomic E-state index is -1.34. The van der Waals surface area contributed by atoms with Crippen LogP contribution in [-0.2, 0) is 0 Å². The summed E-state index contributed by atoms with van der Waals surface area (Å²) in [7, 11) is 0. The molecule has 0 aromatic heterocycles. The number of hydrogen-bond acceptors (Lipinski definition) is 3. The van der Waals surface area contributed by atoms with Crippen molar-refractivity contribution in [1.82, 2.24) is 5.32 Å². The second-order valence-electron chi connectivity index (χ2n) is 3.87. The Bertz CT molecular complexity index is 509. The molecule has 0 aliphatic heterocycles. The van der Waals surface area contributed by atoms with Gasteiger partial charge in [-0.3, -0.25) is 14.9 Å². The summed E-state index contributed by atoms with van der Waals surface area (Å²) in [6, 6.07) is 1.07. The van der Waals surface area contributed by atoms with E-state index in [1.54, 1.807) is 0 Å². The highest BCUT2D eigenvalue weighted by molar-refractivity contribution is 9.09. The van der Waals surface area contributed by atoms with Gasteiger partial charge in [-0.25, -0.2) is 4.39 Å². The van der Waals surface area contributed by atoms with Crippen molar-refractivity contribution in [2.45, 2.75) is 18.2 Å². The maximum Gasteiger partial charge on any atom is 0.308 e. The summed E-state index contributed by atoms with van der Waals surface area (Å²) in [5.41, 5.74) is -1.73. The highest BCUT2D eigenvalue weighted by Crippen LogP contribution is 2.22. The SMILES string of the molecule is CC(Br)CCNC(=O)c1cc(F)cc([N+](=O)[O-])c1F. The van der Waals surface area contributed by atoms with Gasteiger partial charge in [-0.05, 0) is 12.5 Å². The third-order valence-electron chi connectivity index (χ3n) is 2.29. The van der Waals surface area contributed by atoms with Crippen LogP contribution in [0.5, 0.6) is 0 Å². The Kier molecular flexibility index (Phi) is 5.34. The van der Waals surface area contributed by atoms with Crippen LogP contribution < -0.4 is 5.32 Å². The van der Waals surface area contributed by atoms with E-state index in [2.05, 4.69) is 21.2 Å². The quantitative estimate of drug-likeness (QED) is 0.510. The molecule has 0 saturated carbocycles. The largest absolute Gasteiger partial charge is 0.352 e. The molecule has 1 rings (SSSR count). The Morgan fingerprint density at radius 1 is 1.53 bits per heavy atom. The lowest BCUT2D eigenvalue weighted by molar-refractivity contribution is -0.387. The monoisotopic (exact) mass is 336 g/mol. The number of halogens is 3. The molecule has 0 aliphatic carbocycles. The molecule has 1 unspecified atom stereocenters. The van der Waals surface area contributed by atoms with Crippen LogP contribution in [0, 0.1) is 21.7 Å². The highest BCUT2D eigenvalue weighted by Gasteiger charge is 2.23. The lowest BCUT2D eigenvalue weighted by Gasteiger charge is -2.07. The van der Waals surface area contributed by atoms with E-state index in [-0.39, 0.29) is 11.4 Å². The van der Waals surface area contributed by atoms with Gasteiger partial charge in [-0.15, -0.1) is 0 Å². The van der Waals surface area contributed by atoms with Crippen molar-refractivity contribution in [1.29, 1.82) is 0 Å². The second kappa shape index (κ2) is 6.55. The molecule has 0 aliphatic rings. The molecule has 19 heavy (non-hydrogen) atoms. The number of nitrogens with one attached hydrogen (secondary N) is 1. The Hall–Kier alpha value is -1.57. The first kappa shape index (κ1) is 15.5. The van der Waals surface area contributed by atoms with Gasteiger partial charge in [0.2, 0.25) is 5.82 Å². The smallest absolute Gasteiger partial charge is 0.308 e. The van der Waals surface area contributed by atoms with Crippen LogP contribution in [0.4, 0.5) is 14.5 Å². The molecule has 1 aromatic rings. The number of carbonyl (C=O) groups excluding carboxylic acids is 1. The van der Waals surface area contributed by atoms with Gasteiger partial charge in [0.05, 0.1) is 16.6 Å². The van der Waals surface area contributed by atoms with Gasteiger partial charge < -0.3 is 5.32 Å². The summed E-state index contributed by atoms with van der Waals surface area (Å²) < 4.78 is 26.8. The third kappa shape index (κ3) is 4.23. The number of nitro groups is 1. The van der Waals surface area contributed by atoms with Gasteiger partial charge in [0.25, 0.3) is 5.91 Å². The molecule has 1 N–H and O–H groups in total. The minimum absolute atomic E-state index is 0.152. The lowest BCUT2D eigenvalue weighted by Crippen LogP contribution is -2.27. The van der Waals surface area contributed by atoms with E-state index in [9.17, 15) is 23.7 Å². The molecule has 0 spiro atoms. The molecule has 0 radical (unpaired) electrons. The molecular weight excluding hydrogens is 326 g/mol. The fourth-order valence-corrected chi connectivity index (χ4v) is 1.58. The average molecular weight is 337 g/mol. The number of benzene rings is 1. The van der Waals surface area contributed by atoms with Gasteiger partial charge >= 0.3 is 5.69 Å². The van der Waals surface area contributed by atoms with Crippen LogP contribution >= 0.6 is 15.9 Å². The van der Waals surface area contributed by atoms with Crippen molar-refractivity contribution in [2.75, 3.05) is 6.54 Å². The van der Waals surface area contributed by atoms with E-state index in [0.29, 0.717) is 18.6 Å². The van der Waals surface area contributed by atoms with Crippen LogP contribution in [0.1, 0.15) is 23.7 Å². The summed E-state index contributed by atoms with van der Waals surface area (Å²) in [5.74, 6) is -3.25. The zero-order chi connectivity index (χ0) is 14.6. The predicted molar refractivity (Wildman–Crippen MR) is 68.4 cm³/mol. The zero-order valence-corrected chi connectivity index (χ0v) is 11.5. The molecule has 0 saturated heterocycles. The van der Waals surface area contributed by atoms with Gasteiger partial charge in [0.1, 0.15) is 5.82 Å². The molecule has 0 fully saturated rings. The van der Waals surface area contributed by atoms with Crippen molar-refractivity contribution in [3.8, 4) is 0 Å². The van der Waals surface area contributed by atoms with Gasteiger partial charge in [-0.1, -0.05) is 22.9 Å². The first-order valence-corrected chi connectivity index (χ1v) is 6.30. The Labute approximate surface area is 116 Å². The molecule has 1 amide bonds. The van der Waals surface area contributed by atoms with E-state index in [1.165, 1.54) is 0 Å². The van der Waals surface area contributed by atoms with E-state index < -0.39 is 33.7 Å². The van der Waals surface area contributed by atoms with Crippen molar-refractivity contribution in [3.63, 3.8) is 0 Å². The van der Waals surface area contributed by atoms with Crippen molar-refractivity contribution < 1.29 is 18.5 Å². The van der Waals surface area contributed by atoms with Gasteiger partial charge in [-0.2, -0.15) is 4.39 Å². The maximum atomic E-state index is 13.7. The molecular formula is C11H11BrF2N2O3. The van der Waals surface area contributed by atoms with Crippen molar-refractivity contribution in [3.05, 3.63) is 39.4 Å². The first-order chi connectivity index (χ1) is 8.82. The highest BCUT2D eigenvalue weighted by atomic mass is 79.9. The number of amides is 1. The lowest BCUT2D eigenvalue weighted by atomic mass is 10.1.